The molecular formula is C11H6BrF4NO. The van der Waals surface area contributed by atoms with Crippen LogP contribution >= 0.6 is 15.9 Å². The third kappa shape index (κ3) is 2.55. The maximum absolute atomic E-state index is 13.1. The van der Waals surface area contributed by atoms with Crippen LogP contribution in [0.5, 0.6) is 0 Å². The van der Waals surface area contributed by atoms with E-state index in [0.717, 1.165) is 6.07 Å². The molecule has 18 heavy (non-hydrogen) atoms. The fourth-order valence-corrected chi connectivity index (χ4v) is 1.68. The first kappa shape index (κ1) is 13.1. The van der Waals surface area contributed by atoms with Gasteiger partial charge >= 0.3 is 6.18 Å². The van der Waals surface area contributed by atoms with Crippen molar-refractivity contribution in [3.8, 4) is 11.3 Å². The Bertz CT molecular complexity index is 564. The molecule has 0 aliphatic carbocycles. The summed E-state index contributed by atoms with van der Waals surface area (Å²) < 4.78 is 55.5. The Balaban J connectivity index is 2.47. The molecule has 0 atom stereocenters. The lowest BCUT2D eigenvalue weighted by Crippen LogP contribution is -2.08. The molecule has 2 aromatic rings. The van der Waals surface area contributed by atoms with Crippen molar-refractivity contribution in [2.45, 2.75) is 11.5 Å². The Kier molecular flexibility index (Phi) is 3.43. The molecule has 0 aliphatic rings. The second kappa shape index (κ2) is 4.72. The lowest BCUT2D eigenvalue weighted by molar-refractivity contribution is -0.139. The molecule has 0 radical (unpaired) electrons. The average molecular weight is 324 g/mol. The Morgan fingerprint density at radius 3 is 2.50 bits per heavy atom. The third-order valence-electron chi connectivity index (χ3n) is 2.26. The van der Waals surface area contributed by atoms with Crippen LogP contribution in [-0.2, 0) is 11.5 Å². The van der Waals surface area contributed by atoms with Gasteiger partial charge in [0.2, 0.25) is 0 Å². The predicted molar refractivity (Wildman–Crippen MR) is 59.5 cm³/mol. The van der Waals surface area contributed by atoms with Gasteiger partial charge in [-0.1, -0.05) is 21.1 Å². The normalized spacial score (nSPS) is 11.8. The zero-order valence-corrected chi connectivity index (χ0v) is 10.3. The first-order valence-corrected chi connectivity index (χ1v) is 5.92. The maximum Gasteiger partial charge on any atom is 0.419 e. The number of hydrogen-bond donors (Lipinski definition) is 0. The summed E-state index contributed by atoms with van der Waals surface area (Å²) in [6.07, 6.45) is -4.73. The molecule has 1 heterocycles. The van der Waals surface area contributed by atoms with Crippen LogP contribution in [0.15, 0.2) is 28.8 Å². The first-order valence-electron chi connectivity index (χ1n) is 4.80. The molecule has 0 spiro atoms. The van der Waals surface area contributed by atoms with Gasteiger partial charge in [-0.05, 0) is 18.2 Å². The van der Waals surface area contributed by atoms with Crippen LogP contribution < -0.4 is 0 Å². The summed E-state index contributed by atoms with van der Waals surface area (Å²) in [5.74, 6) is -0.835. The highest BCUT2D eigenvalue weighted by molar-refractivity contribution is 9.08. The highest BCUT2D eigenvalue weighted by atomic mass is 79.9. The van der Waals surface area contributed by atoms with Crippen LogP contribution in [0, 0.1) is 5.82 Å². The quantitative estimate of drug-likeness (QED) is 0.605. The summed E-state index contributed by atoms with van der Waals surface area (Å²) in [4.78, 5) is 0. The Labute approximate surface area is 108 Å². The number of aromatic nitrogens is 1. The van der Waals surface area contributed by atoms with Gasteiger partial charge in [-0.2, -0.15) is 13.2 Å². The van der Waals surface area contributed by atoms with Crippen molar-refractivity contribution < 1.29 is 22.1 Å². The van der Waals surface area contributed by atoms with Gasteiger partial charge in [0, 0.05) is 11.6 Å². The van der Waals surface area contributed by atoms with E-state index in [1.807, 2.05) is 0 Å². The summed E-state index contributed by atoms with van der Waals surface area (Å²) in [5, 5.41) is 4.01. The van der Waals surface area contributed by atoms with Gasteiger partial charge in [-0.25, -0.2) is 4.39 Å². The Morgan fingerprint density at radius 2 is 1.94 bits per heavy atom. The minimum Gasteiger partial charge on any atom is -0.360 e. The maximum atomic E-state index is 13.1. The van der Waals surface area contributed by atoms with E-state index in [-0.39, 0.29) is 11.3 Å². The van der Waals surface area contributed by atoms with Crippen LogP contribution in [0.25, 0.3) is 11.3 Å². The molecular weight excluding hydrogens is 318 g/mol. The molecule has 0 unspecified atom stereocenters. The van der Waals surface area contributed by atoms with Gasteiger partial charge in [0.25, 0.3) is 0 Å². The van der Waals surface area contributed by atoms with Gasteiger partial charge in [0.15, 0.2) is 0 Å². The average Bonchev–Trinajstić information content (AvgIpc) is 2.76. The molecule has 0 saturated heterocycles. The van der Waals surface area contributed by atoms with E-state index in [4.69, 9.17) is 4.52 Å². The molecule has 0 bridgehead atoms. The van der Waals surface area contributed by atoms with Crippen molar-refractivity contribution in [1.29, 1.82) is 0 Å². The number of rotatable bonds is 2. The minimum absolute atomic E-state index is 0.152. The second-order valence-corrected chi connectivity index (χ2v) is 4.07. The smallest absolute Gasteiger partial charge is 0.360 e. The van der Waals surface area contributed by atoms with Crippen LogP contribution in [0.3, 0.4) is 0 Å². The largest absolute Gasteiger partial charge is 0.419 e. The monoisotopic (exact) mass is 323 g/mol. The zero-order valence-electron chi connectivity index (χ0n) is 8.76. The van der Waals surface area contributed by atoms with Crippen LogP contribution in [0.4, 0.5) is 17.6 Å². The molecule has 1 aromatic heterocycles. The topological polar surface area (TPSA) is 26.0 Å². The summed E-state index contributed by atoms with van der Waals surface area (Å²) in [7, 11) is 0. The van der Waals surface area contributed by atoms with E-state index in [1.54, 1.807) is 0 Å². The summed E-state index contributed by atoms with van der Waals surface area (Å²) in [6.45, 7) is 0. The van der Waals surface area contributed by atoms with Crippen LogP contribution in [0.1, 0.15) is 11.3 Å². The Hall–Kier alpha value is -1.37. The zero-order chi connectivity index (χ0) is 13.3. The van der Waals surface area contributed by atoms with E-state index < -0.39 is 17.6 Å². The number of nitrogens with zero attached hydrogens (tertiary/aromatic N) is 1. The molecule has 96 valence electrons. The summed E-state index contributed by atoms with van der Waals surface area (Å²) >= 11 is 3.13. The molecule has 2 nitrogen and oxygen atoms in total. The van der Waals surface area contributed by atoms with Gasteiger partial charge < -0.3 is 4.52 Å². The van der Waals surface area contributed by atoms with Gasteiger partial charge in [-0.3, -0.25) is 0 Å². The van der Waals surface area contributed by atoms with E-state index in [2.05, 4.69) is 21.1 Å². The molecule has 2 rings (SSSR count). The predicted octanol–water partition coefficient (Wildman–Crippen LogP) is 4.39. The van der Waals surface area contributed by atoms with Gasteiger partial charge in [0.05, 0.1) is 10.9 Å². The SMILES string of the molecule is Fc1ccc(-c2cc(CBr)on2)cc1C(F)(F)F. The number of benzene rings is 1. The molecule has 0 amide bonds. The fraction of sp³-hybridized carbons (Fsp3) is 0.182. The first-order chi connectivity index (χ1) is 8.41. The lowest BCUT2D eigenvalue weighted by atomic mass is 10.1. The van der Waals surface area contributed by atoms with E-state index in [1.165, 1.54) is 12.1 Å². The van der Waals surface area contributed by atoms with Crippen molar-refractivity contribution in [2.24, 2.45) is 0 Å². The fourth-order valence-electron chi connectivity index (χ4n) is 1.41. The highest BCUT2D eigenvalue weighted by Crippen LogP contribution is 2.34. The van der Waals surface area contributed by atoms with Crippen molar-refractivity contribution in [1.82, 2.24) is 5.16 Å². The van der Waals surface area contributed by atoms with E-state index >= 15 is 0 Å². The third-order valence-corrected chi connectivity index (χ3v) is 2.81. The number of alkyl halides is 4. The standard InChI is InChI=1S/C11H6BrF4NO/c12-5-7-4-10(17-18-7)6-1-2-9(13)8(3-6)11(14,15)16/h1-4H,5H2. The molecule has 0 saturated carbocycles. The second-order valence-electron chi connectivity index (χ2n) is 3.50. The highest BCUT2D eigenvalue weighted by Gasteiger charge is 2.34. The van der Waals surface area contributed by atoms with Crippen molar-refractivity contribution in [3.05, 3.63) is 41.4 Å². The van der Waals surface area contributed by atoms with E-state index in [9.17, 15) is 17.6 Å². The lowest BCUT2D eigenvalue weighted by Gasteiger charge is -2.08. The molecule has 0 aliphatic heterocycles. The molecule has 1 aromatic carbocycles. The molecule has 7 heteroatoms. The van der Waals surface area contributed by atoms with Gasteiger partial charge in [-0.15, -0.1) is 0 Å². The summed E-state index contributed by atoms with van der Waals surface area (Å²) in [5.41, 5.74) is -0.932. The molecule has 0 N–H and O–H groups in total. The van der Waals surface area contributed by atoms with Crippen molar-refractivity contribution in [3.63, 3.8) is 0 Å². The van der Waals surface area contributed by atoms with Crippen molar-refractivity contribution >= 4 is 15.9 Å². The summed E-state index contributed by atoms with van der Waals surface area (Å²) in [6, 6.07) is 4.19. The number of halogens is 5. The van der Waals surface area contributed by atoms with Crippen LogP contribution in [0.2, 0.25) is 0 Å². The van der Waals surface area contributed by atoms with E-state index in [0.29, 0.717) is 17.2 Å². The van der Waals surface area contributed by atoms with Crippen LogP contribution in [-0.4, -0.2) is 5.16 Å². The van der Waals surface area contributed by atoms with Gasteiger partial charge in [0.1, 0.15) is 17.3 Å². The Morgan fingerprint density at radius 1 is 1.22 bits per heavy atom. The minimum atomic E-state index is -4.73. The molecule has 0 fully saturated rings. The van der Waals surface area contributed by atoms with Crippen molar-refractivity contribution in [2.75, 3.05) is 0 Å². The number of hydrogen-bond acceptors (Lipinski definition) is 2.